The predicted octanol–water partition coefficient (Wildman–Crippen LogP) is 6.47. The van der Waals surface area contributed by atoms with Crippen LogP contribution in [0.3, 0.4) is 0 Å². The molecule has 1 atom stereocenters. The van der Waals surface area contributed by atoms with Gasteiger partial charge in [0.2, 0.25) is 11.8 Å². The highest BCUT2D eigenvalue weighted by Gasteiger charge is 2.23. The van der Waals surface area contributed by atoms with Gasteiger partial charge in [0.1, 0.15) is 0 Å². The number of anilines is 3. The molecule has 0 saturated heterocycles. The molecule has 1 heterocycles. The van der Waals surface area contributed by atoms with Crippen molar-refractivity contribution in [1.29, 1.82) is 0 Å². The Kier molecular flexibility index (Phi) is 9.33. The van der Waals surface area contributed by atoms with Crippen molar-refractivity contribution in [1.82, 2.24) is 14.8 Å². The van der Waals surface area contributed by atoms with Crippen LogP contribution >= 0.6 is 23.4 Å². The third-order valence-corrected chi connectivity index (χ3v) is 9.03. The highest BCUT2D eigenvalue weighted by molar-refractivity contribution is 8.00. The summed E-state index contributed by atoms with van der Waals surface area (Å²) >= 11 is 7.38. The summed E-state index contributed by atoms with van der Waals surface area (Å²) in [5.74, 6) is -0.0457. The second kappa shape index (κ2) is 13.3. The van der Waals surface area contributed by atoms with Crippen LogP contribution in [0.2, 0.25) is 5.02 Å². The summed E-state index contributed by atoms with van der Waals surface area (Å²) in [6, 6.07) is 29.1. The number of rotatable bonds is 10. The van der Waals surface area contributed by atoms with Crippen LogP contribution in [0.5, 0.6) is 0 Å². The van der Waals surface area contributed by atoms with E-state index < -0.39 is 15.3 Å². The molecule has 5 rings (SSSR count). The third-order valence-electron chi connectivity index (χ3n) is 6.29. The van der Waals surface area contributed by atoms with E-state index in [4.69, 9.17) is 11.6 Å². The monoisotopic (exact) mass is 646 g/mol. The molecule has 3 N–H and O–H groups in total. The Labute approximate surface area is 263 Å². The summed E-state index contributed by atoms with van der Waals surface area (Å²) in [6.45, 7) is 3.18. The quantitative estimate of drug-likeness (QED) is 0.148. The maximum atomic E-state index is 13.3. The minimum absolute atomic E-state index is 0.0176. The number of benzene rings is 4. The van der Waals surface area contributed by atoms with E-state index in [1.807, 2.05) is 30.3 Å². The molecule has 0 aliphatic rings. The second-order valence-electron chi connectivity index (χ2n) is 9.60. The van der Waals surface area contributed by atoms with Crippen LogP contribution in [0.15, 0.2) is 113 Å². The molecule has 0 bridgehead atoms. The fraction of sp³-hybridized carbons (Fsp3) is 0.0968. The number of hydrogen-bond acceptors (Lipinski definition) is 7. The van der Waals surface area contributed by atoms with Gasteiger partial charge in [-0.1, -0.05) is 65.8 Å². The number of nitrogens with one attached hydrogen (secondary N) is 3. The molecule has 0 saturated carbocycles. The number of nitrogens with zero attached hydrogens (tertiary/aromatic N) is 3. The number of halogens is 1. The molecular weight excluding hydrogens is 620 g/mol. The van der Waals surface area contributed by atoms with E-state index in [-0.39, 0.29) is 27.4 Å². The molecule has 0 aliphatic carbocycles. The van der Waals surface area contributed by atoms with Crippen LogP contribution in [-0.4, -0.2) is 40.2 Å². The Hall–Kier alpha value is -4.65. The van der Waals surface area contributed by atoms with Gasteiger partial charge in [0, 0.05) is 29.5 Å². The van der Waals surface area contributed by atoms with Crippen molar-refractivity contribution in [3.8, 4) is 17.1 Å². The molecule has 0 unspecified atom stereocenters. The van der Waals surface area contributed by atoms with E-state index in [9.17, 15) is 18.0 Å². The lowest BCUT2D eigenvalue weighted by atomic mass is 10.2. The van der Waals surface area contributed by atoms with Gasteiger partial charge >= 0.3 is 0 Å². The van der Waals surface area contributed by atoms with Crippen molar-refractivity contribution in [3.05, 3.63) is 108 Å². The van der Waals surface area contributed by atoms with Crippen LogP contribution in [-0.2, 0) is 19.6 Å². The fourth-order valence-electron chi connectivity index (χ4n) is 4.19. The second-order valence-corrected chi connectivity index (χ2v) is 13.0. The average molecular weight is 647 g/mol. The summed E-state index contributed by atoms with van der Waals surface area (Å²) in [5.41, 5.74) is 2.70. The lowest BCUT2D eigenvalue weighted by Crippen LogP contribution is -2.23. The minimum atomic E-state index is -3.98. The lowest BCUT2D eigenvalue weighted by Gasteiger charge is -2.15. The number of sulfonamides is 1. The predicted molar refractivity (Wildman–Crippen MR) is 174 cm³/mol. The first kappa shape index (κ1) is 30.8. The van der Waals surface area contributed by atoms with Crippen molar-refractivity contribution in [2.45, 2.75) is 29.1 Å². The Morgan fingerprint density at radius 2 is 1.50 bits per heavy atom. The molecule has 13 heteroatoms. The van der Waals surface area contributed by atoms with Crippen molar-refractivity contribution >= 4 is 62.3 Å². The van der Waals surface area contributed by atoms with Gasteiger partial charge in [-0.05, 0) is 67.6 Å². The highest BCUT2D eigenvalue weighted by Crippen LogP contribution is 2.32. The molecule has 0 aliphatic heterocycles. The largest absolute Gasteiger partial charge is 0.326 e. The van der Waals surface area contributed by atoms with Gasteiger partial charge in [-0.3, -0.25) is 18.9 Å². The molecule has 0 fully saturated rings. The van der Waals surface area contributed by atoms with Gasteiger partial charge < -0.3 is 10.6 Å². The van der Waals surface area contributed by atoms with Crippen LogP contribution in [0.4, 0.5) is 17.1 Å². The van der Waals surface area contributed by atoms with Crippen LogP contribution < -0.4 is 15.4 Å². The number of para-hydroxylation sites is 2. The van der Waals surface area contributed by atoms with Gasteiger partial charge in [0.05, 0.1) is 20.9 Å². The Balaban J connectivity index is 1.42. The zero-order valence-electron chi connectivity index (χ0n) is 23.6. The van der Waals surface area contributed by atoms with Crippen molar-refractivity contribution < 1.29 is 18.0 Å². The minimum Gasteiger partial charge on any atom is -0.326 e. The normalized spacial score (nSPS) is 11.9. The molecule has 5 aromatic rings. The van der Waals surface area contributed by atoms with Gasteiger partial charge in [-0.25, -0.2) is 8.42 Å². The standard InChI is InChI=1S/C31H27ClN6O4S2/c1-20(30(40)34-24-17-15-23(16-18-24)33-21(2)39)43-31-36-35-29(38(31)25-10-4-3-5-11-25)22-9-8-12-26(19-22)44(41,42)37-28-14-7-6-13-27(28)32/h3-20,37H,1-2H3,(H,33,39)(H,34,40)/t20-/m1/s1. The number of thioether (sulfide) groups is 1. The third kappa shape index (κ3) is 7.28. The first-order chi connectivity index (χ1) is 21.1. The summed E-state index contributed by atoms with van der Waals surface area (Å²) in [7, 11) is -3.98. The van der Waals surface area contributed by atoms with Crippen LogP contribution in [0.1, 0.15) is 13.8 Å². The van der Waals surface area contributed by atoms with Crippen molar-refractivity contribution in [2.75, 3.05) is 15.4 Å². The topological polar surface area (TPSA) is 135 Å². The fourth-order valence-corrected chi connectivity index (χ4v) is 6.42. The van der Waals surface area contributed by atoms with E-state index in [1.165, 1.54) is 30.8 Å². The van der Waals surface area contributed by atoms with Crippen molar-refractivity contribution in [2.24, 2.45) is 0 Å². The van der Waals surface area contributed by atoms with Gasteiger partial charge in [-0.2, -0.15) is 0 Å². The zero-order valence-corrected chi connectivity index (χ0v) is 26.0. The SMILES string of the molecule is CC(=O)Nc1ccc(NC(=O)[C@@H](C)Sc2nnc(-c3cccc(S(=O)(=O)Nc4ccccc4Cl)c3)n2-c2ccccc2)cc1. The number of aromatic nitrogens is 3. The lowest BCUT2D eigenvalue weighted by molar-refractivity contribution is -0.115. The molecule has 4 aromatic carbocycles. The Morgan fingerprint density at radius 1 is 0.841 bits per heavy atom. The first-order valence-electron chi connectivity index (χ1n) is 13.3. The van der Waals surface area contributed by atoms with E-state index in [2.05, 4.69) is 25.6 Å². The molecule has 2 amide bonds. The van der Waals surface area contributed by atoms with Crippen molar-refractivity contribution in [3.63, 3.8) is 0 Å². The molecule has 10 nitrogen and oxygen atoms in total. The number of amides is 2. The Morgan fingerprint density at radius 3 is 2.18 bits per heavy atom. The van der Waals surface area contributed by atoms with E-state index in [0.29, 0.717) is 27.9 Å². The van der Waals surface area contributed by atoms with Gasteiger partial charge in [0.15, 0.2) is 11.0 Å². The molecular formula is C31H27ClN6O4S2. The number of hydrogen-bond donors (Lipinski definition) is 3. The number of carbonyl (C=O) groups excluding carboxylic acids is 2. The first-order valence-corrected chi connectivity index (χ1v) is 16.1. The highest BCUT2D eigenvalue weighted by atomic mass is 35.5. The van der Waals surface area contributed by atoms with Crippen LogP contribution in [0.25, 0.3) is 17.1 Å². The maximum absolute atomic E-state index is 13.3. The Bertz CT molecular complexity index is 1920. The van der Waals surface area contributed by atoms with Crippen LogP contribution in [0, 0.1) is 0 Å². The molecule has 0 spiro atoms. The molecule has 224 valence electrons. The van der Waals surface area contributed by atoms with E-state index in [0.717, 1.165) is 5.69 Å². The maximum Gasteiger partial charge on any atom is 0.261 e. The van der Waals surface area contributed by atoms with E-state index in [1.54, 1.807) is 72.2 Å². The smallest absolute Gasteiger partial charge is 0.261 e. The van der Waals surface area contributed by atoms with E-state index >= 15 is 0 Å². The zero-order chi connectivity index (χ0) is 31.3. The summed E-state index contributed by atoms with van der Waals surface area (Å²) in [6.07, 6.45) is 0. The molecule has 0 radical (unpaired) electrons. The molecule has 44 heavy (non-hydrogen) atoms. The number of carbonyl (C=O) groups is 2. The summed E-state index contributed by atoms with van der Waals surface area (Å²) in [5, 5.41) is 14.5. The average Bonchev–Trinajstić information content (AvgIpc) is 3.43. The summed E-state index contributed by atoms with van der Waals surface area (Å²) in [4.78, 5) is 24.4. The van der Waals surface area contributed by atoms with Gasteiger partial charge in [-0.15, -0.1) is 10.2 Å². The van der Waals surface area contributed by atoms with Gasteiger partial charge in [0.25, 0.3) is 10.0 Å². The summed E-state index contributed by atoms with van der Waals surface area (Å²) < 4.78 is 30.8. The molecule has 1 aromatic heterocycles.